The number of nitrogens with one attached hydrogen (secondary N) is 1. The molecule has 6 heteroatoms. The molecule has 0 aliphatic carbocycles. The van der Waals surface area contributed by atoms with Crippen LogP contribution < -0.4 is 19.5 Å². The van der Waals surface area contributed by atoms with Gasteiger partial charge in [-0.25, -0.2) is 0 Å². The molecule has 0 heterocycles. The van der Waals surface area contributed by atoms with Gasteiger partial charge in [-0.15, -0.1) is 0 Å². The molecule has 0 aromatic heterocycles. The molecule has 6 nitrogen and oxygen atoms in total. The second-order valence-corrected chi connectivity index (χ2v) is 4.01. The lowest BCUT2D eigenvalue weighted by Crippen LogP contribution is -2.19. The fourth-order valence-electron chi connectivity index (χ4n) is 1.76. The average molecular weight is 283 g/mol. The molecule has 0 amide bonds. The van der Waals surface area contributed by atoms with Crippen LogP contribution in [0, 0.1) is 0 Å². The maximum atomic E-state index is 11.0. The van der Waals surface area contributed by atoms with Crippen LogP contribution in [-0.2, 0) is 16.1 Å². The first-order chi connectivity index (χ1) is 9.65. The summed E-state index contributed by atoms with van der Waals surface area (Å²) in [6.07, 6.45) is 0.317. The van der Waals surface area contributed by atoms with E-state index in [1.807, 2.05) is 0 Å². The van der Waals surface area contributed by atoms with Crippen molar-refractivity contribution in [2.75, 3.05) is 35.0 Å². The number of hydrogen-bond donors (Lipinski definition) is 1. The summed E-state index contributed by atoms with van der Waals surface area (Å²) in [5, 5.41) is 3.15. The van der Waals surface area contributed by atoms with Crippen molar-refractivity contribution >= 4 is 5.97 Å². The van der Waals surface area contributed by atoms with Gasteiger partial charge >= 0.3 is 5.97 Å². The normalized spacial score (nSPS) is 10.0. The van der Waals surface area contributed by atoms with Crippen molar-refractivity contribution < 1.29 is 23.7 Å². The monoisotopic (exact) mass is 283 g/mol. The second-order valence-electron chi connectivity index (χ2n) is 4.01. The third-order valence-electron chi connectivity index (χ3n) is 2.85. The molecule has 0 atom stereocenters. The van der Waals surface area contributed by atoms with Gasteiger partial charge in [0.2, 0.25) is 0 Å². The van der Waals surface area contributed by atoms with E-state index in [-0.39, 0.29) is 5.97 Å². The fourth-order valence-corrected chi connectivity index (χ4v) is 1.76. The summed E-state index contributed by atoms with van der Waals surface area (Å²) in [7, 11) is 6.14. The van der Waals surface area contributed by atoms with Crippen LogP contribution in [0.3, 0.4) is 0 Å². The van der Waals surface area contributed by atoms with E-state index in [0.717, 1.165) is 5.56 Å². The van der Waals surface area contributed by atoms with E-state index in [9.17, 15) is 4.79 Å². The minimum Gasteiger partial charge on any atom is -0.496 e. The molecule has 0 radical (unpaired) electrons. The molecule has 0 unspecified atom stereocenters. The molecule has 0 bridgehead atoms. The molecule has 1 N–H and O–H groups in total. The van der Waals surface area contributed by atoms with E-state index in [2.05, 4.69) is 10.1 Å². The number of esters is 1. The van der Waals surface area contributed by atoms with Crippen molar-refractivity contribution in [1.82, 2.24) is 5.32 Å². The lowest BCUT2D eigenvalue weighted by molar-refractivity contribution is -0.140. The van der Waals surface area contributed by atoms with Crippen LogP contribution >= 0.6 is 0 Å². The van der Waals surface area contributed by atoms with Gasteiger partial charge in [-0.05, 0) is 0 Å². The molecule has 0 fully saturated rings. The van der Waals surface area contributed by atoms with Gasteiger partial charge in [-0.2, -0.15) is 0 Å². The van der Waals surface area contributed by atoms with Gasteiger partial charge in [-0.1, -0.05) is 0 Å². The molecule has 1 aromatic carbocycles. The zero-order valence-electron chi connectivity index (χ0n) is 12.3. The molecule has 0 saturated heterocycles. The Bertz CT molecular complexity index is 422. The van der Waals surface area contributed by atoms with Crippen LogP contribution in [0.25, 0.3) is 0 Å². The highest BCUT2D eigenvalue weighted by molar-refractivity contribution is 5.69. The van der Waals surface area contributed by atoms with Crippen LogP contribution in [0.1, 0.15) is 12.0 Å². The largest absolute Gasteiger partial charge is 0.496 e. The Morgan fingerprint density at radius 2 is 1.65 bits per heavy atom. The minimum atomic E-state index is -0.244. The third-order valence-corrected chi connectivity index (χ3v) is 2.85. The van der Waals surface area contributed by atoms with Crippen LogP contribution in [0.5, 0.6) is 17.2 Å². The van der Waals surface area contributed by atoms with Crippen LogP contribution in [0.2, 0.25) is 0 Å². The van der Waals surface area contributed by atoms with E-state index < -0.39 is 0 Å². The summed E-state index contributed by atoms with van der Waals surface area (Å²) in [6.45, 7) is 1.04. The van der Waals surface area contributed by atoms with E-state index >= 15 is 0 Å². The fraction of sp³-hybridized carbons (Fsp3) is 0.500. The lowest BCUT2D eigenvalue weighted by Gasteiger charge is -2.15. The van der Waals surface area contributed by atoms with Gasteiger partial charge < -0.3 is 24.3 Å². The Labute approximate surface area is 119 Å². The van der Waals surface area contributed by atoms with Crippen molar-refractivity contribution in [3.05, 3.63) is 17.7 Å². The molecule has 20 heavy (non-hydrogen) atoms. The number of benzene rings is 1. The van der Waals surface area contributed by atoms with E-state index in [4.69, 9.17) is 14.2 Å². The zero-order chi connectivity index (χ0) is 15.0. The number of hydrogen-bond acceptors (Lipinski definition) is 6. The molecular formula is C14H21NO5. The van der Waals surface area contributed by atoms with E-state index in [0.29, 0.717) is 36.8 Å². The highest BCUT2D eigenvalue weighted by Gasteiger charge is 2.13. The van der Waals surface area contributed by atoms with Gasteiger partial charge in [0.1, 0.15) is 17.2 Å². The predicted octanol–water partition coefficient (Wildman–Crippen LogP) is 1.37. The first-order valence-corrected chi connectivity index (χ1v) is 6.22. The maximum absolute atomic E-state index is 11.0. The number of rotatable bonds is 8. The molecule has 1 rings (SSSR count). The lowest BCUT2D eigenvalue weighted by atomic mass is 10.1. The Kier molecular flexibility index (Phi) is 6.66. The molecule has 0 saturated carbocycles. The summed E-state index contributed by atoms with van der Waals surface area (Å²) in [5.74, 6) is 1.77. The molecular weight excluding hydrogens is 262 g/mol. The summed E-state index contributed by atoms with van der Waals surface area (Å²) in [6, 6.07) is 3.58. The van der Waals surface area contributed by atoms with Crippen LogP contribution in [0.15, 0.2) is 12.1 Å². The molecule has 0 aliphatic rings. The highest BCUT2D eigenvalue weighted by atomic mass is 16.5. The molecule has 0 spiro atoms. The third kappa shape index (κ3) is 4.31. The summed E-state index contributed by atoms with van der Waals surface area (Å²) >= 11 is 0. The second kappa shape index (κ2) is 8.27. The molecule has 1 aromatic rings. The number of carbonyl (C=O) groups is 1. The minimum absolute atomic E-state index is 0.244. The Morgan fingerprint density at radius 3 is 2.10 bits per heavy atom. The van der Waals surface area contributed by atoms with Crippen molar-refractivity contribution in [3.63, 3.8) is 0 Å². The first kappa shape index (κ1) is 16.1. The van der Waals surface area contributed by atoms with Gasteiger partial charge in [0.25, 0.3) is 0 Å². The van der Waals surface area contributed by atoms with Crippen LogP contribution in [-0.4, -0.2) is 41.0 Å². The number of carbonyl (C=O) groups excluding carboxylic acids is 1. The van der Waals surface area contributed by atoms with Crippen molar-refractivity contribution in [3.8, 4) is 17.2 Å². The molecule has 0 aliphatic heterocycles. The predicted molar refractivity (Wildman–Crippen MR) is 74.4 cm³/mol. The Morgan fingerprint density at radius 1 is 1.05 bits per heavy atom. The average Bonchev–Trinajstić information content (AvgIpc) is 2.50. The summed E-state index contributed by atoms with van der Waals surface area (Å²) in [5.41, 5.74) is 0.876. The maximum Gasteiger partial charge on any atom is 0.306 e. The molecule has 112 valence electrons. The quantitative estimate of drug-likeness (QED) is 0.574. The van der Waals surface area contributed by atoms with Crippen molar-refractivity contribution in [1.29, 1.82) is 0 Å². The van der Waals surface area contributed by atoms with Gasteiger partial charge in [-0.3, -0.25) is 4.79 Å². The number of methoxy groups -OCH3 is 4. The van der Waals surface area contributed by atoms with Crippen molar-refractivity contribution in [2.45, 2.75) is 13.0 Å². The van der Waals surface area contributed by atoms with E-state index in [1.54, 1.807) is 33.5 Å². The highest BCUT2D eigenvalue weighted by Crippen LogP contribution is 2.33. The topological polar surface area (TPSA) is 66.0 Å². The van der Waals surface area contributed by atoms with Crippen LogP contribution in [0.4, 0.5) is 0 Å². The SMILES string of the molecule is COC(=O)CCNCc1c(OC)cc(OC)cc1OC. The first-order valence-electron chi connectivity index (χ1n) is 6.22. The van der Waals surface area contributed by atoms with Gasteiger partial charge in [0.05, 0.1) is 40.4 Å². The summed E-state index contributed by atoms with van der Waals surface area (Å²) in [4.78, 5) is 11.0. The number of ether oxygens (including phenoxy) is 4. The zero-order valence-corrected chi connectivity index (χ0v) is 12.3. The Hall–Kier alpha value is -1.95. The van der Waals surface area contributed by atoms with Gasteiger partial charge in [0.15, 0.2) is 0 Å². The standard InChI is InChI=1S/C14H21NO5/c1-17-10-7-12(18-2)11(13(8-10)19-3)9-15-6-5-14(16)20-4/h7-8,15H,5-6,9H2,1-4H3. The Balaban J connectivity index is 2.74. The van der Waals surface area contributed by atoms with E-state index in [1.165, 1.54) is 7.11 Å². The van der Waals surface area contributed by atoms with Crippen molar-refractivity contribution in [2.24, 2.45) is 0 Å². The summed E-state index contributed by atoms with van der Waals surface area (Å²) < 4.78 is 20.4. The van der Waals surface area contributed by atoms with Gasteiger partial charge in [0, 0.05) is 25.2 Å². The smallest absolute Gasteiger partial charge is 0.306 e.